The number of rotatable bonds is 2. The number of para-hydroxylation sites is 1. The number of hydrogen-bond donors (Lipinski definition) is 2. The third-order valence-electron chi connectivity index (χ3n) is 4.45. The van der Waals surface area contributed by atoms with Crippen molar-refractivity contribution in [2.45, 2.75) is 19.8 Å². The Labute approximate surface area is 134 Å². The second kappa shape index (κ2) is 5.12. The molecule has 4 rings (SSSR count). The highest BCUT2D eigenvalue weighted by Gasteiger charge is 2.27. The average molecular weight is 304 g/mol. The van der Waals surface area contributed by atoms with Gasteiger partial charge in [-0.2, -0.15) is 0 Å². The first-order valence-electron chi connectivity index (χ1n) is 7.81. The van der Waals surface area contributed by atoms with E-state index in [9.17, 15) is 10.0 Å². The molecule has 114 valence electrons. The van der Waals surface area contributed by atoms with Crippen LogP contribution in [0, 0.1) is 0 Å². The van der Waals surface area contributed by atoms with E-state index < -0.39 is 7.12 Å². The lowest BCUT2D eigenvalue weighted by Crippen LogP contribution is -2.34. The molecule has 0 atom stereocenters. The van der Waals surface area contributed by atoms with Gasteiger partial charge < -0.3 is 14.5 Å². The predicted molar refractivity (Wildman–Crippen MR) is 95.1 cm³/mol. The Morgan fingerprint density at radius 3 is 2.13 bits per heavy atom. The zero-order valence-electron chi connectivity index (χ0n) is 13.1. The maximum absolute atomic E-state index is 10.0. The minimum atomic E-state index is -1.57. The standard InChI is InChI=1S/C19H17BO3/c1-11(2)16-12-7-3-4-8-13(12)17-14-9-5-6-10-15(14)23-19(17)18(16)20(21)22/h3-11,21-22H,1-2H3. The van der Waals surface area contributed by atoms with E-state index in [0.29, 0.717) is 11.0 Å². The second-order valence-electron chi connectivity index (χ2n) is 6.20. The van der Waals surface area contributed by atoms with Crippen LogP contribution in [-0.4, -0.2) is 17.2 Å². The van der Waals surface area contributed by atoms with Gasteiger partial charge in [0.05, 0.1) is 0 Å². The highest BCUT2D eigenvalue weighted by Crippen LogP contribution is 2.37. The van der Waals surface area contributed by atoms with E-state index >= 15 is 0 Å². The summed E-state index contributed by atoms with van der Waals surface area (Å²) in [6.45, 7) is 4.12. The Morgan fingerprint density at radius 1 is 0.870 bits per heavy atom. The van der Waals surface area contributed by atoms with Crippen LogP contribution in [-0.2, 0) is 0 Å². The Bertz CT molecular complexity index is 1030. The summed E-state index contributed by atoms with van der Waals surface area (Å²) in [6, 6.07) is 15.9. The van der Waals surface area contributed by atoms with E-state index in [4.69, 9.17) is 4.42 Å². The molecule has 0 saturated heterocycles. The van der Waals surface area contributed by atoms with Crippen LogP contribution >= 0.6 is 0 Å². The molecule has 0 amide bonds. The highest BCUT2D eigenvalue weighted by molar-refractivity contribution is 6.63. The number of fused-ring (bicyclic) bond motifs is 5. The molecule has 0 radical (unpaired) electrons. The summed E-state index contributed by atoms with van der Waals surface area (Å²) in [5, 5.41) is 24.1. The lowest BCUT2D eigenvalue weighted by molar-refractivity contribution is 0.425. The van der Waals surface area contributed by atoms with Crippen molar-refractivity contribution in [3.63, 3.8) is 0 Å². The predicted octanol–water partition coefficient (Wildman–Crippen LogP) is 3.54. The number of furan rings is 1. The van der Waals surface area contributed by atoms with Gasteiger partial charge in [0.15, 0.2) is 0 Å². The summed E-state index contributed by atoms with van der Waals surface area (Å²) in [4.78, 5) is 0. The Hall–Kier alpha value is -2.30. The second-order valence-corrected chi connectivity index (χ2v) is 6.20. The molecule has 4 aromatic rings. The van der Waals surface area contributed by atoms with E-state index in [0.717, 1.165) is 32.7 Å². The zero-order chi connectivity index (χ0) is 16.1. The van der Waals surface area contributed by atoms with Crippen LogP contribution < -0.4 is 5.46 Å². The minimum absolute atomic E-state index is 0.148. The average Bonchev–Trinajstić information content (AvgIpc) is 2.92. The van der Waals surface area contributed by atoms with Gasteiger partial charge in [-0.3, -0.25) is 0 Å². The molecule has 0 saturated carbocycles. The van der Waals surface area contributed by atoms with Crippen LogP contribution in [0.25, 0.3) is 32.7 Å². The van der Waals surface area contributed by atoms with Crippen molar-refractivity contribution < 1.29 is 14.5 Å². The van der Waals surface area contributed by atoms with Crippen molar-refractivity contribution in [3.05, 3.63) is 54.1 Å². The molecule has 4 heteroatoms. The normalized spacial score (nSPS) is 11.9. The molecule has 3 aromatic carbocycles. The lowest BCUT2D eigenvalue weighted by atomic mass is 9.71. The van der Waals surface area contributed by atoms with Crippen LogP contribution in [0.5, 0.6) is 0 Å². The topological polar surface area (TPSA) is 53.6 Å². The molecule has 1 heterocycles. The Morgan fingerprint density at radius 2 is 1.48 bits per heavy atom. The SMILES string of the molecule is CC(C)c1c(B(O)O)c2oc3ccccc3c2c2ccccc12. The van der Waals surface area contributed by atoms with Gasteiger partial charge in [-0.15, -0.1) is 0 Å². The maximum atomic E-state index is 10.0. The van der Waals surface area contributed by atoms with Crippen molar-refractivity contribution in [2.75, 3.05) is 0 Å². The molecular weight excluding hydrogens is 287 g/mol. The fourth-order valence-electron chi connectivity index (χ4n) is 3.58. The van der Waals surface area contributed by atoms with Crippen molar-refractivity contribution in [1.82, 2.24) is 0 Å². The molecule has 0 unspecified atom stereocenters. The summed E-state index contributed by atoms with van der Waals surface area (Å²) in [5.41, 5.74) is 2.74. The number of benzene rings is 3. The molecule has 0 aliphatic carbocycles. The van der Waals surface area contributed by atoms with Crippen molar-refractivity contribution >= 4 is 45.3 Å². The third-order valence-corrected chi connectivity index (χ3v) is 4.45. The van der Waals surface area contributed by atoms with Gasteiger partial charge in [-0.1, -0.05) is 56.3 Å². The first-order chi connectivity index (χ1) is 11.1. The van der Waals surface area contributed by atoms with Gasteiger partial charge in [0.2, 0.25) is 0 Å². The molecule has 23 heavy (non-hydrogen) atoms. The van der Waals surface area contributed by atoms with E-state index in [2.05, 4.69) is 19.9 Å². The summed E-state index contributed by atoms with van der Waals surface area (Å²) in [7, 11) is -1.57. The molecule has 0 spiro atoms. The van der Waals surface area contributed by atoms with Gasteiger partial charge >= 0.3 is 7.12 Å². The Kier molecular flexibility index (Phi) is 3.18. The number of hydrogen-bond acceptors (Lipinski definition) is 3. The quantitative estimate of drug-likeness (QED) is 0.557. The van der Waals surface area contributed by atoms with Gasteiger partial charge in [0, 0.05) is 16.2 Å². The molecule has 0 bridgehead atoms. The Balaban J connectivity index is 2.37. The van der Waals surface area contributed by atoms with Crippen molar-refractivity contribution in [1.29, 1.82) is 0 Å². The molecular formula is C19H17BO3. The first-order valence-corrected chi connectivity index (χ1v) is 7.81. The largest absolute Gasteiger partial charge is 0.492 e. The zero-order valence-corrected chi connectivity index (χ0v) is 13.1. The molecule has 2 N–H and O–H groups in total. The van der Waals surface area contributed by atoms with Crippen LogP contribution in [0.2, 0.25) is 0 Å². The molecule has 3 nitrogen and oxygen atoms in total. The lowest BCUT2D eigenvalue weighted by Gasteiger charge is -2.17. The van der Waals surface area contributed by atoms with Crippen LogP contribution in [0.3, 0.4) is 0 Å². The fraction of sp³-hybridized carbons (Fsp3) is 0.158. The molecule has 0 aliphatic rings. The van der Waals surface area contributed by atoms with Crippen LogP contribution in [0.4, 0.5) is 0 Å². The van der Waals surface area contributed by atoms with Crippen molar-refractivity contribution in [3.8, 4) is 0 Å². The van der Waals surface area contributed by atoms with E-state index in [1.54, 1.807) is 0 Å². The van der Waals surface area contributed by atoms with Crippen LogP contribution in [0.1, 0.15) is 25.3 Å². The summed E-state index contributed by atoms with van der Waals surface area (Å²) >= 11 is 0. The summed E-state index contributed by atoms with van der Waals surface area (Å²) < 4.78 is 6.02. The smallest absolute Gasteiger partial charge is 0.456 e. The van der Waals surface area contributed by atoms with Gasteiger partial charge in [-0.05, 0) is 28.3 Å². The van der Waals surface area contributed by atoms with Gasteiger partial charge in [-0.25, -0.2) is 0 Å². The van der Waals surface area contributed by atoms with Crippen LogP contribution in [0.15, 0.2) is 52.9 Å². The van der Waals surface area contributed by atoms with E-state index in [1.165, 1.54) is 0 Å². The third kappa shape index (κ3) is 1.99. The van der Waals surface area contributed by atoms with Gasteiger partial charge in [0.1, 0.15) is 11.2 Å². The maximum Gasteiger partial charge on any atom is 0.492 e. The first kappa shape index (κ1) is 14.3. The molecule has 0 fully saturated rings. The van der Waals surface area contributed by atoms with E-state index in [1.807, 2.05) is 42.5 Å². The van der Waals surface area contributed by atoms with Gasteiger partial charge in [0.25, 0.3) is 0 Å². The van der Waals surface area contributed by atoms with E-state index in [-0.39, 0.29) is 5.92 Å². The summed E-state index contributed by atoms with van der Waals surface area (Å²) in [6.07, 6.45) is 0. The highest BCUT2D eigenvalue weighted by atomic mass is 16.4. The molecule has 0 aliphatic heterocycles. The van der Waals surface area contributed by atoms with Crippen molar-refractivity contribution in [2.24, 2.45) is 0 Å². The molecule has 1 aromatic heterocycles. The fourth-order valence-corrected chi connectivity index (χ4v) is 3.58. The summed E-state index contributed by atoms with van der Waals surface area (Å²) in [5.74, 6) is 0.148. The monoisotopic (exact) mass is 304 g/mol. The minimum Gasteiger partial charge on any atom is -0.456 e.